The quantitative estimate of drug-likeness (QED) is 0.871. The number of carbonyl (C=O) groups is 1. The zero-order valence-corrected chi connectivity index (χ0v) is 13.3. The number of aliphatic hydroxyl groups is 1. The SMILES string of the molecule is N#C[C@@H]1CCCN1C(=O)CCC12CC3CC(CC(O)(C3)C1)C2. The Labute approximate surface area is 132 Å². The first kappa shape index (κ1) is 14.5. The van der Waals surface area contributed by atoms with Gasteiger partial charge in [0.25, 0.3) is 0 Å². The van der Waals surface area contributed by atoms with Crippen molar-refractivity contribution in [3.8, 4) is 6.07 Å². The molecule has 4 aliphatic carbocycles. The summed E-state index contributed by atoms with van der Waals surface area (Å²) in [5.74, 6) is 1.52. The summed E-state index contributed by atoms with van der Waals surface area (Å²) in [5.41, 5.74) is -0.230. The van der Waals surface area contributed by atoms with Crippen molar-refractivity contribution < 1.29 is 9.90 Å². The van der Waals surface area contributed by atoms with Crippen LogP contribution in [0.4, 0.5) is 0 Å². The Bertz CT molecular complexity index is 510. The van der Waals surface area contributed by atoms with Crippen LogP contribution in [-0.2, 0) is 4.79 Å². The van der Waals surface area contributed by atoms with E-state index < -0.39 is 5.60 Å². The van der Waals surface area contributed by atoms with Crippen molar-refractivity contribution in [3.63, 3.8) is 0 Å². The fourth-order valence-corrected chi connectivity index (χ4v) is 6.41. The number of likely N-dealkylation sites (tertiary alicyclic amines) is 1. The molecule has 0 spiro atoms. The molecule has 3 atom stereocenters. The lowest BCUT2D eigenvalue weighted by molar-refractivity contribution is -0.168. The van der Waals surface area contributed by atoms with Crippen LogP contribution < -0.4 is 0 Å². The van der Waals surface area contributed by atoms with E-state index in [1.165, 1.54) is 19.3 Å². The molecule has 0 aromatic rings. The van der Waals surface area contributed by atoms with Gasteiger partial charge in [-0.25, -0.2) is 0 Å². The number of hydrogen-bond acceptors (Lipinski definition) is 3. The Morgan fingerprint density at radius 1 is 1.27 bits per heavy atom. The van der Waals surface area contributed by atoms with Crippen LogP contribution in [-0.4, -0.2) is 34.1 Å². The van der Waals surface area contributed by atoms with Gasteiger partial charge >= 0.3 is 0 Å². The Balaban J connectivity index is 1.41. The van der Waals surface area contributed by atoms with Crippen LogP contribution >= 0.6 is 0 Å². The second-order valence-corrected chi connectivity index (χ2v) is 8.56. The van der Waals surface area contributed by atoms with Crippen LogP contribution in [0.15, 0.2) is 0 Å². The molecule has 1 heterocycles. The Hall–Kier alpha value is -1.08. The normalized spacial score (nSPS) is 46.0. The highest BCUT2D eigenvalue weighted by Crippen LogP contribution is 2.63. The fourth-order valence-electron chi connectivity index (χ4n) is 6.41. The number of nitrogens with zero attached hydrogens (tertiary/aromatic N) is 2. The van der Waals surface area contributed by atoms with Gasteiger partial charge in [0.1, 0.15) is 6.04 Å². The minimum absolute atomic E-state index is 0.159. The van der Waals surface area contributed by atoms with Crippen LogP contribution in [0, 0.1) is 28.6 Å². The number of amides is 1. The summed E-state index contributed by atoms with van der Waals surface area (Å²) in [7, 11) is 0. The summed E-state index contributed by atoms with van der Waals surface area (Å²) in [6, 6.07) is 2.06. The fraction of sp³-hybridized carbons (Fsp3) is 0.889. The molecule has 1 saturated heterocycles. The van der Waals surface area contributed by atoms with Crippen molar-refractivity contribution in [1.82, 2.24) is 4.90 Å². The highest BCUT2D eigenvalue weighted by atomic mass is 16.3. The maximum atomic E-state index is 12.5. The van der Waals surface area contributed by atoms with E-state index in [9.17, 15) is 9.90 Å². The summed E-state index contributed by atoms with van der Waals surface area (Å²) in [6.07, 6.45) is 9.85. The molecule has 2 unspecified atom stereocenters. The van der Waals surface area contributed by atoms with Crippen LogP contribution in [0.5, 0.6) is 0 Å². The molecule has 4 saturated carbocycles. The minimum atomic E-state index is -0.435. The predicted molar refractivity (Wildman–Crippen MR) is 81.6 cm³/mol. The van der Waals surface area contributed by atoms with Crippen LogP contribution in [0.1, 0.15) is 64.2 Å². The van der Waals surface area contributed by atoms with Crippen molar-refractivity contribution >= 4 is 5.91 Å². The lowest BCUT2D eigenvalue weighted by atomic mass is 9.47. The molecule has 1 aliphatic heterocycles. The molecule has 5 aliphatic rings. The Kier molecular flexibility index (Phi) is 3.27. The van der Waals surface area contributed by atoms with E-state index in [1.54, 1.807) is 4.90 Å². The molecule has 1 N–H and O–H groups in total. The molecule has 4 heteroatoms. The van der Waals surface area contributed by atoms with E-state index in [0.29, 0.717) is 18.3 Å². The first-order chi connectivity index (χ1) is 10.5. The summed E-state index contributed by atoms with van der Waals surface area (Å²) in [5, 5.41) is 19.9. The molecular weight excluding hydrogens is 276 g/mol. The van der Waals surface area contributed by atoms with Gasteiger partial charge in [-0.2, -0.15) is 5.26 Å². The van der Waals surface area contributed by atoms with E-state index in [2.05, 4.69) is 6.07 Å². The maximum absolute atomic E-state index is 12.5. The van der Waals surface area contributed by atoms with E-state index in [1.807, 2.05) is 0 Å². The zero-order chi connectivity index (χ0) is 15.4. The van der Waals surface area contributed by atoms with E-state index in [-0.39, 0.29) is 17.4 Å². The average molecular weight is 302 g/mol. The second kappa shape index (κ2) is 4.96. The molecule has 0 radical (unpaired) electrons. The Morgan fingerprint density at radius 3 is 2.64 bits per heavy atom. The third-order valence-corrected chi connectivity index (χ3v) is 6.74. The summed E-state index contributed by atoms with van der Waals surface area (Å²) >= 11 is 0. The van der Waals surface area contributed by atoms with Gasteiger partial charge in [-0.15, -0.1) is 0 Å². The van der Waals surface area contributed by atoms with Crippen molar-refractivity contribution in [1.29, 1.82) is 5.26 Å². The van der Waals surface area contributed by atoms with Gasteiger partial charge in [0.15, 0.2) is 0 Å². The number of nitriles is 1. The molecular formula is C18H26N2O2. The first-order valence-electron chi connectivity index (χ1n) is 8.92. The highest BCUT2D eigenvalue weighted by Gasteiger charge is 2.56. The minimum Gasteiger partial charge on any atom is -0.390 e. The average Bonchev–Trinajstić information content (AvgIpc) is 2.90. The number of carbonyl (C=O) groups excluding carboxylic acids is 1. The van der Waals surface area contributed by atoms with Gasteiger partial charge < -0.3 is 10.0 Å². The van der Waals surface area contributed by atoms with Crippen molar-refractivity contribution in [2.45, 2.75) is 75.9 Å². The second-order valence-electron chi connectivity index (χ2n) is 8.56. The lowest BCUT2D eigenvalue weighted by Crippen LogP contribution is -2.55. The first-order valence-corrected chi connectivity index (χ1v) is 8.92. The lowest BCUT2D eigenvalue weighted by Gasteiger charge is -2.60. The van der Waals surface area contributed by atoms with Crippen molar-refractivity contribution in [2.24, 2.45) is 17.3 Å². The van der Waals surface area contributed by atoms with Gasteiger partial charge in [-0.1, -0.05) is 0 Å². The standard InChI is InChI=1S/C18H26N2O2/c19-11-15-2-1-5-20(15)16(21)3-4-17-7-13-6-14(8-17)10-18(22,9-13)12-17/h13-15,22H,1-10,12H2/t13?,14?,15-,17?,18?/m0/s1. The smallest absolute Gasteiger partial charge is 0.223 e. The van der Waals surface area contributed by atoms with Crippen LogP contribution in [0.2, 0.25) is 0 Å². The summed E-state index contributed by atoms with van der Waals surface area (Å²) < 4.78 is 0. The molecule has 4 nitrogen and oxygen atoms in total. The molecule has 0 aromatic carbocycles. The molecule has 5 rings (SSSR count). The number of rotatable bonds is 3. The van der Waals surface area contributed by atoms with Gasteiger partial charge in [-0.3, -0.25) is 4.79 Å². The van der Waals surface area contributed by atoms with Gasteiger partial charge in [-0.05, 0) is 75.0 Å². The largest absolute Gasteiger partial charge is 0.390 e. The monoisotopic (exact) mass is 302 g/mol. The van der Waals surface area contributed by atoms with E-state index >= 15 is 0 Å². The van der Waals surface area contributed by atoms with Gasteiger partial charge in [0.05, 0.1) is 11.7 Å². The zero-order valence-electron chi connectivity index (χ0n) is 13.3. The third-order valence-electron chi connectivity index (χ3n) is 6.74. The molecule has 4 bridgehead atoms. The van der Waals surface area contributed by atoms with Crippen molar-refractivity contribution in [2.75, 3.05) is 6.54 Å². The number of hydrogen-bond donors (Lipinski definition) is 1. The van der Waals surface area contributed by atoms with Crippen molar-refractivity contribution in [3.05, 3.63) is 0 Å². The third kappa shape index (κ3) is 2.34. The Morgan fingerprint density at radius 2 is 2.00 bits per heavy atom. The summed E-state index contributed by atoms with van der Waals surface area (Å²) in [4.78, 5) is 14.3. The van der Waals surface area contributed by atoms with Crippen LogP contribution in [0.25, 0.3) is 0 Å². The predicted octanol–water partition coefficient (Wildman–Crippen LogP) is 2.61. The molecule has 0 aromatic heterocycles. The van der Waals surface area contributed by atoms with Gasteiger partial charge in [0.2, 0.25) is 5.91 Å². The molecule has 5 fully saturated rings. The van der Waals surface area contributed by atoms with E-state index in [0.717, 1.165) is 45.1 Å². The molecule has 1 amide bonds. The highest BCUT2D eigenvalue weighted by molar-refractivity contribution is 5.77. The summed E-state index contributed by atoms with van der Waals surface area (Å²) in [6.45, 7) is 0.749. The molecule has 120 valence electrons. The molecule has 22 heavy (non-hydrogen) atoms. The van der Waals surface area contributed by atoms with Crippen LogP contribution in [0.3, 0.4) is 0 Å². The van der Waals surface area contributed by atoms with Gasteiger partial charge in [0, 0.05) is 13.0 Å². The maximum Gasteiger partial charge on any atom is 0.223 e. The van der Waals surface area contributed by atoms with E-state index in [4.69, 9.17) is 5.26 Å². The topological polar surface area (TPSA) is 64.3 Å².